The quantitative estimate of drug-likeness (QED) is 0.229. The van der Waals surface area contributed by atoms with Gasteiger partial charge in [0.05, 0.1) is 17.6 Å². The molecule has 1 N–H and O–H groups in total. The Balaban J connectivity index is 1.58. The van der Waals surface area contributed by atoms with Crippen LogP contribution in [0.4, 0.5) is 18.9 Å². The van der Waals surface area contributed by atoms with E-state index in [1.165, 1.54) is 19.2 Å². The smallest absolute Gasteiger partial charge is 0.441 e. The maximum absolute atomic E-state index is 13.0. The van der Waals surface area contributed by atoms with Gasteiger partial charge < -0.3 is 14.2 Å². The number of methoxy groups -OCH3 is 1. The van der Waals surface area contributed by atoms with E-state index in [1.54, 1.807) is 24.3 Å². The Kier molecular flexibility index (Phi) is 7.15. The van der Waals surface area contributed by atoms with E-state index in [0.717, 1.165) is 12.1 Å². The largest absolute Gasteiger partial charge is 0.493 e. The van der Waals surface area contributed by atoms with Crippen LogP contribution < -0.4 is 14.2 Å². The van der Waals surface area contributed by atoms with Gasteiger partial charge in [-0.3, -0.25) is 20.3 Å². The van der Waals surface area contributed by atoms with Gasteiger partial charge in [0.15, 0.2) is 17.3 Å². The maximum atomic E-state index is 13.0. The van der Waals surface area contributed by atoms with Crippen LogP contribution in [0.15, 0.2) is 58.1 Å². The number of nitro benzene ring substituents is 1. The van der Waals surface area contributed by atoms with Crippen molar-refractivity contribution >= 4 is 45.5 Å². The van der Waals surface area contributed by atoms with Crippen molar-refractivity contribution in [2.24, 2.45) is 10.1 Å². The summed E-state index contributed by atoms with van der Waals surface area (Å²) in [6.45, 7) is 0.0530. The molecule has 0 aliphatic carbocycles. The minimum atomic E-state index is -4.79. The molecule has 1 amide bonds. The van der Waals surface area contributed by atoms with Crippen LogP contribution in [0.3, 0.4) is 0 Å². The molecule has 0 saturated heterocycles. The first-order chi connectivity index (χ1) is 17.6. The van der Waals surface area contributed by atoms with E-state index in [1.807, 2.05) is 0 Å². The topological polar surface area (TPSA) is 140 Å². The Morgan fingerprint density at radius 1 is 1.14 bits per heavy atom. The summed E-state index contributed by atoms with van der Waals surface area (Å²) in [5.74, 6) is -0.587. The van der Waals surface area contributed by atoms with E-state index in [-0.39, 0.29) is 42.0 Å². The van der Waals surface area contributed by atoms with E-state index in [9.17, 15) is 28.1 Å². The Morgan fingerprint density at radius 3 is 2.46 bits per heavy atom. The summed E-state index contributed by atoms with van der Waals surface area (Å²) in [5.41, 5.74) is -0.727. The number of rotatable bonds is 8. The zero-order valence-corrected chi connectivity index (χ0v) is 19.6. The van der Waals surface area contributed by atoms with E-state index in [2.05, 4.69) is 10.1 Å². The van der Waals surface area contributed by atoms with Gasteiger partial charge in [-0.05, 0) is 36.0 Å². The van der Waals surface area contributed by atoms with Gasteiger partial charge >= 0.3 is 6.18 Å². The van der Waals surface area contributed by atoms with Crippen LogP contribution in [0.1, 0.15) is 5.56 Å². The Hall–Kier alpha value is -4.40. The molecule has 2 aromatic rings. The number of halogens is 3. The number of fused-ring (bicyclic) bond motifs is 1. The number of thioether (sulfide) groups is 1. The third-order valence-electron chi connectivity index (χ3n) is 4.87. The fourth-order valence-corrected chi connectivity index (χ4v) is 3.96. The fraction of sp³-hybridized carbons (Fsp3) is 0.182. The van der Waals surface area contributed by atoms with Crippen molar-refractivity contribution in [3.05, 3.63) is 63.7 Å². The molecular formula is C22H16F3N5O6S. The van der Waals surface area contributed by atoms with Gasteiger partial charge in [0, 0.05) is 17.7 Å². The molecular weight excluding hydrogens is 519 g/mol. The molecule has 11 nitrogen and oxygen atoms in total. The molecule has 2 aliphatic heterocycles. The second kappa shape index (κ2) is 10.3. The van der Waals surface area contributed by atoms with E-state index >= 15 is 0 Å². The molecule has 0 spiro atoms. The molecule has 4 rings (SSSR count). The Labute approximate surface area is 210 Å². The van der Waals surface area contributed by atoms with Crippen molar-refractivity contribution in [2.45, 2.75) is 6.18 Å². The van der Waals surface area contributed by atoms with Gasteiger partial charge in [-0.1, -0.05) is 12.1 Å². The number of non-ortho nitro benzene ring substituents is 1. The van der Waals surface area contributed by atoms with Crippen LogP contribution in [0.25, 0.3) is 6.08 Å². The van der Waals surface area contributed by atoms with Crippen LogP contribution >= 0.6 is 11.8 Å². The SMILES string of the molecule is COc1ccccc1OCCOc1ccc([N+](=O)[O-])cc1/C=C1/C(=N)N2N=C(C(F)(F)F)SC2=NC1=O. The van der Waals surface area contributed by atoms with Crippen LogP contribution in [-0.2, 0) is 4.79 Å². The number of benzene rings is 2. The van der Waals surface area contributed by atoms with E-state index in [0.29, 0.717) is 16.5 Å². The first-order valence-electron chi connectivity index (χ1n) is 10.3. The lowest BCUT2D eigenvalue weighted by atomic mass is 10.1. The van der Waals surface area contributed by atoms with Crippen molar-refractivity contribution in [3.63, 3.8) is 0 Å². The van der Waals surface area contributed by atoms with Gasteiger partial charge in [0.25, 0.3) is 11.6 Å². The molecule has 0 radical (unpaired) electrons. The van der Waals surface area contributed by atoms with Gasteiger partial charge in [-0.2, -0.15) is 28.3 Å². The standard InChI is InChI=1S/C22H16F3N5O6S/c1-34-16-4-2-3-5-17(16)36-9-8-35-15-7-6-13(30(32)33)10-12(15)11-14-18(26)29-21(27-19(14)31)37-20(28-29)22(23,24)25/h2-7,10-11,26H,8-9H2,1H3/b14-11-,26-18?. The monoisotopic (exact) mass is 535 g/mol. The average Bonchev–Trinajstić information content (AvgIpc) is 3.30. The molecule has 0 atom stereocenters. The normalized spacial score (nSPS) is 16.3. The van der Waals surface area contributed by atoms with E-state index in [4.69, 9.17) is 19.6 Å². The van der Waals surface area contributed by atoms with Gasteiger partial charge in [-0.15, -0.1) is 0 Å². The Bertz CT molecular complexity index is 1370. The third kappa shape index (κ3) is 5.55. The van der Waals surface area contributed by atoms with Crippen molar-refractivity contribution in [2.75, 3.05) is 20.3 Å². The summed E-state index contributed by atoms with van der Waals surface area (Å²) in [6, 6.07) is 10.5. The van der Waals surface area contributed by atoms with Crippen LogP contribution in [-0.4, -0.2) is 58.4 Å². The highest BCUT2D eigenvalue weighted by atomic mass is 32.2. The lowest BCUT2D eigenvalue weighted by molar-refractivity contribution is -0.384. The number of hydrogen-bond donors (Lipinski definition) is 1. The number of nitrogens with zero attached hydrogens (tertiary/aromatic N) is 4. The van der Waals surface area contributed by atoms with Crippen molar-refractivity contribution < 1.29 is 37.1 Å². The van der Waals surface area contributed by atoms with Gasteiger partial charge in [0.1, 0.15) is 19.0 Å². The highest BCUT2D eigenvalue weighted by Gasteiger charge is 2.46. The number of para-hydroxylation sites is 2. The number of amidine groups is 2. The number of alkyl halides is 3. The number of hydrogen-bond acceptors (Lipinski definition) is 9. The molecule has 37 heavy (non-hydrogen) atoms. The highest BCUT2D eigenvalue weighted by molar-refractivity contribution is 8.27. The summed E-state index contributed by atoms with van der Waals surface area (Å²) >= 11 is 0.116. The molecule has 192 valence electrons. The first-order valence-corrected chi connectivity index (χ1v) is 11.1. The molecule has 15 heteroatoms. The summed E-state index contributed by atoms with van der Waals surface area (Å²) in [6.07, 6.45) is -3.70. The summed E-state index contributed by atoms with van der Waals surface area (Å²) in [5, 5.41) is 21.7. The Morgan fingerprint density at radius 2 is 1.81 bits per heavy atom. The molecule has 2 aliphatic rings. The van der Waals surface area contributed by atoms with Crippen LogP contribution in [0.5, 0.6) is 17.2 Å². The number of nitrogens with one attached hydrogen (secondary N) is 1. The van der Waals surface area contributed by atoms with Crippen LogP contribution in [0, 0.1) is 15.5 Å². The number of carbonyl (C=O) groups excluding carboxylic acids is 1. The predicted octanol–water partition coefficient (Wildman–Crippen LogP) is 4.24. The predicted molar refractivity (Wildman–Crippen MR) is 128 cm³/mol. The van der Waals surface area contributed by atoms with Crippen LogP contribution in [0.2, 0.25) is 0 Å². The van der Waals surface area contributed by atoms with Crippen molar-refractivity contribution in [1.82, 2.24) is 5.01 Å². The molecule has 0 saturated carbocycles. The molecule has 2 aromatic carbocycles. The first kappa shape index (κ1) is 25.7. The number of nitro groups is 1. The number of amides is 1. The minimum Gasteiger partial charge on any atom is -0.493 e. The number of carbonyl (C=O) groups is 1. The van der Waals surface area contributed by atoms with Crippen molar-refractivity contribution in [3.8, 4) is 17.2 Å². The summed E-state index contributed by atoms with van der Waals surface area (Å²) in [4.78, 5) is 26.7. The molecule has 0 fully saturated rings. The molecule has 0 bridgehead atoms. The van der Waals surface area contributed by atoms with Gasteiger partial charge in [0.2, 0.25) is 10.2 Å². The lowest BCUT2D eigenvalue weighted by Crippen LogP contribution is -2.35. The average molecular weight is 535 g/mol. The van der Waals surface area contributed by atoms with Gasteiger partial charge in [-0.25, -0.2) is 0 Å². The summed E-state index contributed by atoms with van der Waals surface area (Å²) < 4.78 is 55.6. The molecule has 0 unspecified atom stereocenters. The van der Waals surface area contributed by atoms with E-state index < -0.39 is 38.6 Å². The fourth-order valence-electron chi connectivity index (χ4n) is 3.20. The minimum absolute atomic E-state index is 0.0122. The zero-order chi connectivity index (χ0) is 26.7. The number of hydrazone groups is 1. The van der Waals surface area contributed by atoms with Crippen molar-refractivity contribution in [1.29, 1.82) is 5.41 Å². The summed E-state index contributed by atoms with van der Waals surface area (Å²) in [7, 11) is 1.49. The third-order valence-corrected chi connectivity index (χ3v) is 5.82. The highest BCUT2D eigenvalue weighted by Crippen LogP contribution is 2.36. The number of ether oxygens (including phenoxy) is 3. The lowest BCUT2D eigenvalue weighted by Gasteiger charge is -2.20. The maximum Gasteiger partial charge on any atom is 0.441 e. The molecule has 2 heterocycles. The number of aliphatic imine (C=N–C) groups is 1. The second-order valence-electron chi connectivity index (χ2n) is 7.25. The molecule has 0 aromatic heterocycles. The second-order valence-corrected chi connectivity index (χ2v) is 8.21. The zero-order valence-electron chi connectivity index (χ0n) is 18.8.